The molecule has 1 N–H and O–H groups in total. The topological polar surface area (TPSA) is 55.8 Å². The summed E-state index contributed by atoms with van der Waals surface area (Å²) in [5.74, 6) is 5.78. The van der Waals surface area contributed by atoms with E-state index in [1.807, 2.05) is 0 Å². The third-order valence-electron chi connectivity index (χ3n) is 12.8. The zero-order valence-corrected chi connectivity index (χ0v) is 26.9. The highest BCUT2D eigenvalue weighted by Gasteiger charge is 2.60. The number of aliphatic hydroxyl groups excluding tert-OH is 1. The molecule has 4 saturated carbocycles. The Morgan fingerprint density at radius 3 is 2.38 bits per heavy atom. The molecule has 230 valence electrons. The van der Waals surface area contributed by atoms with Crippen molar-refractivity contribution in [3.8, 4) is 0 Å². The van der Waals surface area contributed by atoms with Gasteiger partial charge in [0.1, 0.15) is 0 Å². The Morgan fingerprint density at radius 2 is 1.68 bits per heavy atom. The van der Waals surface area contributed by atoms with E-state index in [1.165, 1.54) is 77.0 Å². The Bertz CT molecular complexity index is 852. The molecule has 0 aromatic carbocycles. The minimum Gasteiger partial charge on any atom is -0.462 e. The van der Waals surface area contributed by atoms with Gasteiger partial charge >= 0.3 is 5.97 Å². The van der Waals surface area contributed by atoms with Gasteiger partial charge in [-0.2, -0.15) is 0 Å². The number of hydrogen-bond acceptors (Lipinski definition) is 4. The van der Waals surface area contributed by atoms with Gasteiger partial charge in [0.2, 0.25) is 0 Å². The van der Waals surface area contributed by atoms with E-state index in [9.17, 15) is 9.90 Å². The van der Waals surface area contributed by atoms with Crippen LogP contribution < -0.4 is 0 Å². The Balaban J connectivity index is 1.28. The van der Waals surface area contributed by atoms with Crippen molar-refractivity contribution in [3.05, 3.63) is 12.2 Å². The molecule has 4 aliphatic rings. The summed E-state index contributed by atoms with van der Waals surface area (Å²) in [5.41, 5.74) is 1.45. The van der Waals surface area contributed by atoms with Crippen molar-refractivity contribution in [2.24, 2.45) is 58.2 Å². The van der Waals surface area contributed by atoms with E-state index < -0.39 is 0 Å². The fourth-order valence-corrected chi connectivity index (χ4v) is 10.3. The average Bonchev–Trinajstić information content (AvgIpc) is 3.27. The van der Waals surface area contributed by atoms with E-state index in [0.29, 0.717) is 29.1 Å². The second-order valence-corrected chi connectivity index (χ2v) is 15.7. The highest BCUT2D eigenvalue weighted by atomic mass is 16.5. The summed E-state index contributed by atoms with van der Waals surface area (Å²) < 4.78 is 11.7. The van der Waals surface area contributed by atoms with Gasteiger partial charge < -0.3 is 14.6 Å². The quantitative estimate of drug-likeness (QED) is 0.182. The predicted octanol–water partition coefficient (Wildman–Crippen LogP) is 8.61. The zero-order valence-electron chi connectivity index (χ0n) is 26.9. The van der Waals surface area contributed by atoms with Crippen LogP contribution in [0, 0.1) is 58.2 Å². The molecule has 4 nitrogen and oxygen atoms in total. The third kappa shape index (κ3) is 6.85. The van der Waals surface area contributed by atoms with Crippen molar-refractivity contribution in [2.45, 2.75) is 131 Å². The molecule has 0 heterocycles. The Kier molecular flexibility index (Phi) is 10.9. The van der Waals surface area contributed by atoms with E-state index >= 15 is 0 Å². The van der Waals surface area contributed by atoms with Crippen LogP contribution in [0.15, 0.2) is 12.2 Å². The Hall–Kier alpha value is -0.870. The summed E-state index contributed by atoms with van der Waals surface area (Å²) in [4.78, 5) is 11.7. The first-order valence-electron chi connectivity index (χ1n) is 17.0. The van der Waals surface area contributed by atoms with Gasteiger partial charge in [0.05, 0.1) is 12.7 Å². The lowest BCUT2D eigenvalue weighted by Crippen LogP contribution is -2.54. The van der Waals surface area contributed by atoms with Crippen LogP contribution in [0.5, 0.6) is 0 Å². The third-order valence-corrected chi connectivity index (χ3v) is 12.8. The average molecular weight is 559 g/mol. The molecule has 0 aromatic heterocycles. The molecule has 0 saturated heterocycles. The fourth-order valence-electron chi connectivity index (χ4n) is 10.3. The van der Waals surface area contributed by atoms with Gasteiger partial charge in [-0.3, -0.25) is 0 Å². The molecule has 0 bridgehead atoms. The minimum absolute atomic E-state index is 0.0128. The van der Waals surface area contributed by atoms with Crippen LogP contribution in [0.3, 0.4) is 0 Å². The lowest BCUT2D eigenvalue weighted by Gasteiger charge is -2.61. The van der Waals surface area contributed by atoms with Crippen LogP contribution in [-0.4, -0.2) is 37.0 Å². The maximum atomic E-state index is 11.7. The molecule has 4 fully saturated rings. The summed E-state index contributed by atoms with van der Waals surface area (Å²) >= 11 is 0. The van der Waals surface area contributed by atoms with Crippen molar-refractivity contribution in [2.75, 3.05) is 19.8 Å². The fraction of sp³-hybridized carbons (Fsp3) is 0.917. The highest BCUT2D eigenvalue weighted by Crippen LogP contribution is 2.68. The second kappa shape index (κ2) is 13.6. The maximum Gasteiger partial charge on any atom is 0.333 e. The summed E-state index contributed by atoms with van der Waals surface area (Å²) in [6, 6.07) is 0. The number of aliphatic hydroxyl groups is 1. The monoisotopic (exact) mass is 558 g/mol. The zero-order chi connectivity index (χ0) is 29.1. The molecule has 40 heavy (non-hydrogen) atoms. The van der Waals surface area contributed by atoms with Gasteiger partial charge in [-0.1, -0.05) is 60.5 Å². The van der Waals surface area contributed by atoms with E-state index in [0.717, 1.165) is 47.8 Å². The molecule has 4 unspecified atom stereocenters. The Morgan fingerprint density at radius 1 is 0.950 bits per heavy atom. The predicted molar refractivity (Wildman–Crippen MR) is 164 cm³/mol. The van der Waals surface area contributed by atoms with Crippen molar-refractivity contribution < 1.29 is 19.4 Å². The van der Waals surface area contributed by atoms with Gasteiger partial charge in [0.15, 0.2) is 0 Å². The van der Waals surface area contributed by atoms with Crippen LogP contribution >= 0.6 is 0 Å². The summed E-state index contributed by atoms with van der Waals surface area (Å²) in [7, 11) is 0. The molecule has 0 amide bonds. The standard InChI is InChI=1S/C36H62O4/c1-24(2)9-8-10-26(5)31-13-14-32-30-12-11-28-21-29(15-18-35(28,6)33(30)16-19-36(31,32)7)39-20-17-27(22-37)23-40-34(38)25(3)4/h24,26-33,37H,3,8-23H2,1-2,4-7H3/t26-,27?,28?,29+,30+,31-,32?,33?,35+,36-/m1/s1. The van der Waals surface area contributed by atoms with Gasteiger partial charge in [-0.15, -0.1) is 0 Å². The van der Waals surface area contributed by atoms with E-state index in [4.69, 9.17) is 9.47 Å². The van der Waals surface area contributed by atoms with Gasteiger partial charge in [0, 0.05) is 24.7 Å². The van der Waals surface area contributed by atoms with E-state index in [1.54, 1.807) is 6.92 Å². The molecule has 0 aliphatic heterocycles. The number of fused-ring (bicyclic) bond motifs is 5. The molecule has 4 aliphatic carbocycles. The summed E-state index contributed by atoms with van der Waals surface area (Å²) in [6.07, 6.45) is 17.7. The van der Waals surface area contributed by atoms with Crippen LogP contribution in [0.1, 0.15) is 125 Å². The first kappa shape index (κ1) is 32.1. The normalized spacial score (nSPS) is 38.7. The van der Waals surface area contributed by atoms with Gasteiger partial charge in [-0.25, -0.2) is 4.79 Å². The van der Waals surface area contributed by atoms with E-state index in [-0.39, 0.29) is 25.1 Å². The number of hydrogen-bond donors (Lipinski definition) is 1. The molecular formula is C36H62O4. The van der Waals surface area contributed by atoms with Crippen molar-refractivity contribution in [1.82, 2.24) is 0 Å². The van der Waals surface area contributed by atoms with Crippen LogP contribution in [-0.2, 0) is 14.3 Å². The van der Waals surface area contributed by atoms with E-state index in [2.05, 4.69) is 41.2 Å². The number of rotatable bonds is 13. The molecule has 0 aromatic rings. The van der Waals surface area contributed by atoms with Crippen LogP contribution in [0.25, 0.3) is 0 Å². The minimum atomic E-state index is -0.381. The SMILES string of the molecule is C=C(C)C(=O)OCC(CO)CCO[C@H]1CC[C@@]2(C)C(CC[C@@H]3C2CC[C@@]2(C)C3CC[C@@H]2[C@H](C)CCCC(C)C)C1. The number of carbonyl (C=O) groups excluding carboxylic acids is 1. The van der Waals surface area contributed by atoms with Crippen molar-refractivity contribution >= 4 is 5.97 Å². The lowest BCUT2D eigenvalue weighted by molar-refractivity contribution is -0.142. The van der Waals surface area contributed by atoms with Gasteiger partial charge in [-0.05, 0) is 123 Å². The first-order chi connectivity index (χ1) is 19.0. The van der Waals surface area contributed by atoms with Gasteiger partial charge in [0.25, 0.3) is 0 Å². The van der Waals surface area contributed by atoms with Crippen LogP contribution in [0.4, 0.5) is 0 Å². The summed E-state index contributed by atoms with van der Waals surface area (Å²) in [6.45, 7) is 18.9. The lowest BCUT2D eigenvalue weighted by atomic mass is 9.44. The number of esters is 1. The molecular weight excluding hydrogens is 496 g/mol. The Labute approximate surface area is 246 Å². The molecule has 0 radical (unpaired) electrons. The number of ether oxygens (including phenoxy) is 2. The largest absolute Gasteiger partial charge is 0.462 e. The van der Waals surface area contributed by atoms with Crippen molar-refractivity contribution in [3.63, 3.8) is 0 Å². The molecule has 4 heteroatoms. The highest BCUT2D eigenvalue weighted by molar-refractivity contribution is 5.86. The molecule has 10 atom stereocenters. The first-order valence-corrected chi connectivity index (χ1v) is 17.0. The molecule has 0 spiro atoms. The maximum absolute atomic E-state index is 11.7. The molecule has 4 rings (SSSR count). The van der Waals surface area contributed by atoms with Crippen LogP contribution in [0.2, 0.25) is 0 Å². The second-order valence-electron chi connectivity index (χ2n) is 15.7. The smallest absolute Gasteiger partial charge is 0.333 e. The summed E-state index contributed by atoms with van der Waals surface area (Å²) in [5, 5.41) is 9.73. The number of carbonyl (C=O) groups is 1. The van der Waals surface area contributed by atoms with Crippen molar-refractivity contribution in [1.29, 1.82) is 0 Å².